The second kappa shape index (κ2) is 43.1. The van der Waals surface area contributed by atoms with Crippen molar-refractivity contribution in [3.63, 3.8) is 0 Å². The topological polar surface area (TPSA) is 212 Å². The largest absolute Gasteiger partial charge is 0.480 e. The van der Waals surface area contributed by atoms with Crippen molar-refractivity contribution < 1.29 is 57.7 Å². The van der Waals surface area contributed by atoms with E-state index in [9.17, 15) is 34.1 Å². The van der Waals surface area contributed by atoms with Gasteiger partial charge in [0.1, 0.15) is 12.6 Å². The third-order valence-electron chi connectivity index (χ3n) is 11.2. The second-order valence-corrected chi connectivity index (χ2v) is 18.7. The number of unbranched alkanes of at least 4 members (excludes halogenated alkanes) is 27. The van der Waals surface area contributed by atoms with Crippen LogP contribution in [0.3, 0.4) is 0 Å². The fourth-order valence-corrected chi connectivity index (χ4v) is 7.93. The molecule has 0 amide bonds. The van der Waals surface area contributed by atoms with Crippen molar-refractivity contribution in [3.8, 4) is 0 Å². The minimum Gasteiger partial charge on any atom is -0.480 e. The number of phosphoric acid groups is 1. The number of aliphatic carboxylic acids is 1. The molecule has 0 aliphatic heterocycles. The number of aliphatic hydroxyl groups is 2. The van der Waals surface area contributed by atoms with Gasteiger partial charge >= 0.3 is 25.7 Å². The van der Waals surface area contributed by atoms with E-state index in [1.165, 1.54) is 122 Å². The van der Waals surface area contributed by atoms with Gasteiger partial charge in [0.25, 0.3) is 0 Å². The molecule has 0 aromatic heterocycles. The van der Waals surface area contributed by atoms with Crippen molar-refractivity contribution >= 4 is 25.7 Å². The van der Waals surface area contributed by atoms with Gasteiger partial charge in [0.05, 0.1) is 25.4 Å². The number of hydrogen-bond donors (Lipinski definition) is 5. The van der Waals surface area contributed by atoms with E-state index < -0.39 is 69.9 Å². The fourth-order valence-electron chi connectivity index (χ4n) is 7.15. The molecule has 0 radical (unpaired) electrons. The molecule has 1 unspecified atom stereocenters. The van der Waals surface area contributed by atoms with Crippen molar-refractivity contribution in [2.24, 2.45) is 5.73 Å². The summed E-state index contributed by atoms with van der Waals surface area (Å²) in [6.07, 6.45) is 37.2. The highest BCUT2D eigenvalue weighted by Crippen LogP contribution is 2.43. The molecule has 0 fully saturated rings. The summed E-state index contributed by atoms with van der Waals surface area (Å²) < 4.78 is 32.7. The maximum Gasteiger partial charge on any atom is 0.472 e. The molecule has 13 nitrogen and oxygen atoms in total. The molecule has 62 heavy (non-hydrogen) atoms. The third-order valence-corrected chi connectivity index (χ3v) is 12.2. The number of carbonyl (C=O) groups is 3. The van der Waals surface area contributed by atoms with Crippen LogP contribution in [0.1, 0.15) is 232 Å². The number of carbonyl (C=O) groups excluding carboxylic acids is 2. The first kappa shape index (κ1) is 60.1. The van der Waals surface area contributed by atoms with Crippen LogP contribution in [0.2, 0.25) is 0 Å². The van der Waals surface area contributed by atoms with Crippen LogP contribution in [0.15, 0.2) is 12.2 Å². The van der Waals surface area contributed by atoms with Crippen LogP contribution >= 0.6 is 7.82 Å². The summed E-state index contributed by atoms with van der Waals surface area (Å²) in [6.45, 7) is 2.63. The average molecular weight is 906 g/mol. The van der Waals surface area contributed by atoms with E-state index >= 15 is 0 Å². The van der Waals surface area contributed by atoms with E-state index in [0.29, 0.717) is 25.7 Å². The number of hydrogen-bond acceptors (Lipinski definition) is 11. The highest BCUT2D eigenvalue weighted by atomic mass is 31.2. The minimum absolute atomic E-state index is 0.127. The normalized spacial score (nSPS) is 14.7. The molecule has 0 saturated heterocycles. The lowest BCUT2D eigenvalue weighted by molar-refractivity contribution is -0.161. The molecule has 0 aromatic rings. The van der Waals surface area contributed by atoms with Gasteiger partial charge in [-0.2, -0.15) is 0 Å². The number of rotatable bonds is 47. The van der Waals surface area contributed by atoms with E-state index in [0.717, 1.165) is 57.8 Å². The van der Waals surface area contributed by atoms with Crippen LogP contribution in [-0.4, -0.2) is 82.3 Å². The summed E-state index contributed by atoms with van der Waals surface area (Å²) in [6, 6.07) is -1.54. The Morgan fingerprint density at radius 3 is 1.45 bits per heavy atom. The summed E-state index contributed by atoms with van der Waals surface area (Å²) in [4.78, 5) is 46.1. The first-order valence-corrected chi connectivity index (χ1v) is 26.4. The summed E-state index contributed by atoms with van der Waals surface area (Å²) in [5, 5.41) is 29.4. The zero-order valence-electron chi connectivity index (χ0n) is 39.2. The summed E-state index contributed by atoms with van der Waals surface area (Å²) in [5.41, 5.74) is 5.34. The molecule has 0 heterocycles. The van der Waals surface area contributed by atoms with Crippen molar-refractivity contribution in [1.82, 2.24) is 0 Å². The number of allylic oxidation sites excluding steroid dienone is 1. The molecule has 366 valence electrons. The van der Waals surface area contributed by atoms with Gasteiger partial charge in [0.15, 0.2) is 6.10 Å². The molecular formula is C48H92NO12P. The predicted molar refractivity (Wildman–Crippen MR) is 248 cm³/mol. The third kappa shape index (κ3) is 40.9. The monoisotopic (exact) mass is 906 g/mol. The van der Waals surface area contributed by atoms with E-state index in [4.69, 9.17) is 24.8 Å². The zero-order chi connectivity index (χ0) is 45.9. The SMILES string of the molecule is CCCCC/C=C\C[C@@H](O)[C@H](O)CCCCCCCC(=O)OC[C@H](COP(=O)(O)OC[C@H](N)C(=O)O)OC(=O)CCCCCCCCCCCCCCCCCCCCCCC. The van der Waals surface area contributed by atoms with Crippen LogP contribution in [0, 0.1) is 0 Å². The van der Waals surface area contributed by atoms with Gasteiger partial charge in [-0.3, -0.25) is 23.4 Å². The van der Waals surface area contributed by atoms with E-state index in [2.05, 4.69) is 24.4 Å². The molecular weight excluding hydrogens is 813 g/mol. The quantitative estimate of drug-likeness (QED) is 0.0167. The number of ether oxygens (including phenoxy) is 2. The van der Waals surface area contributed by atoms with Crippen molar-refractivity contribution in [3.05, 3.63) is 12.2 Å². The maximum atomic E-state index is 12.7. The maximum absolute atomic E-state index is 12.7. The van der Waals surface area contributed by atoms with Crippen molar-refractivity contribution in [1.29, 1.82) is 0 Å². The van der Waals surface area contributed by atoms with Crippen LogP contribution in [-0.2, 0) is 37.5 Å². The standard InChI is InChI=1S/C48H92NO12P/c1-3-5-7-9-11-12-13-14-15-16-17-18-19-20-21-22-23-24-25-29-34-38-47(53)61-42(40-59-62(56,57)60-41-43(49)48(54)55)39-58-46(52)37-33-30-26-28-32-36-45(51)44(50)35-31-27-10-8-6-4-2/h27,31,42-45,50-51H,3-26,28-30,32-41,49H2,1-2H3,(H,54,55)(H,56,57)/b31-27-/t42-,43+,44-,45-/m1/s1. The second-order valence-electron chi connectivity index (χ2n) is 17.3. The average Bonchev–Trinajstić information content (AvgIpc) is 3.24. The van der Waals surface area contributed by atoms with Crippen LogP contribution in [0.25, 0.3) is 0 Å². The summed E-state index contributed by atoms with van der Waals surface area (Å²) in [5.74, 6) is -2.49. The Morgan fingerprint density at radius 2 is 0.968 bits per heavy atom. The minimum atomic E-state index is -4.75. The molecule has 0 saturated carbocycles. The molecule has 0 spiro atoms. The number of nitrogens with two attached hydrogens (primary N) is 1. The zero-order valence-corrected chi connectivity index (χ0v) is 40.1. The smallest absolute Gasteiger partial charge is 0.472 e. The Hall–Kier alpha value is -1.86. The van der Waals surface area contributed by atoms with Crippen LogP contribution < -0.4 is 5.73 Å². The van der Waals surface area contributed by atoms with Crippen molar-refractivity contribution in [2.45, 2.75) is 257 Å². The molecule has 0 aliphatic carbocycles. The molecule has 0 bridgehead atoms. The summed E-state index contributed by atoms with van der Waals surface area (Å²) in [7, 11) is -4.75. The molecule has 6 N–H and O–H groups in total. The van der Waals surface area contributed by atoms with Crippen LogP contribution in [0.4, 0.5) is 0 Å². The fraction of sp³-hybridized carbons (Fsp3) is 0.896. The van der Waals surface area contributed by atoms with E-state index in [1.807, 2.05) is 6.08 Å². The molecule has 0 aromatic carbocycles. The first-order chi connectivity index (χ1) is 29.9. The predicted octanol–water partition coefficient (Wildman–Crippen LogP) is 11.6. The highest BCUT2D eigenvalue weighted by molar-refractivity contribution is 7.47. The van der Waals surface area contributed by atoms with Gasteiger partial charge in [0, 0.05) is 12.8 Å². The number of phosphoric ester groups is 1. The van der Waals surface area contributed by atoms with E-state index in [-0.39, 0.29) is 12.8 Å². The Kier molecular flexibility index (Phi) is 41.8. The van der Waals surface area contributed by atoms with Crippen molar-refractivity contribution in [2.75, 3.05) is 19.8 Å². The van der Waals surface area contributed by atoms with Gasteiger partial charge in [-0.15, -0.1) is 0 Å². The lowest BCUT2D eigenvalue weighted by Crippen LogP contribution is -2.34. The summed E-state index contributed by atoms with van der Waals surface area (Å²) >= 11 is 0. The highest BCUT2D eigenvalue weighted by Gasteiger charge is 2.28. The lowest BCUT2D eigenvalue weighted by atomic mass is 10.0. The number of aliphatic hydroxyl groups excluding tert-OH is 2. The lowest BCUT2D eigenvalue weighted by Gasteiger charge is -2.20. The Bertz CT molecular complexity index is 1140. The number of carboxylic acid groups (broad SMARTS) is 1. The molecule has 5 atom stereocenters. The molecule has 14 heteroatoms. The Morgan fingerprint density at radius 1 is 0.548 bits per heavy atom. The van der Waals surface area contributed by atoms with Gasteiger partial charge in [-0.1, -0.05) is 193 Å². The van der Waals surface area contributed by atoms with Gasteiger partial charge in [-0.05, 0) is 38.5 Å². The van der Waals surface area contributed by atoms with Gasteiger partial charge < -0.3 is 35.4 Å². The molecule has 0 aliphatic rings. The number of carboxylic acids is 1. The first-order valence-electron chi connectivity index (χ1n) is 24.9. The van der Waals surface area contributed by atoms with Gasteiger partial charge in [0.2, 0.25) is 0 Å². The number of esters is 2. The Labute approximate surface area is 376 Å². The molecule has 0 rings (SSSR count). The van der Waals surface area contributed by atoms with Crippen LogP contribution in [0.5, 0.6) is 0 Å². The Balaban J connectivity index is 4.32. The van der Waals surface area contributed by atoms with E-state index in [1.54, 1.807) is 0 Å². The van der Waals surface area contributed by atoms with Gasteiger partial charge in [-0.25, -0.2) is 4.57 Å².